The molecular formula is C27H38N2O6. The van der Waals surface area contributed by atoms with Crippen LogP contribution in [0.2, 0.25) is 0 Å². The van der Waals surface area contributed by atoms with Crippen LogP contribution in [0.3, 0.4) is 0 Å². The van der Waals surface area contributed by atoms with Crippen molar-refractivity contribution in [2.24, 2.45) is 0 Å². The van der Waals surface area contributed by atoms with Gasteiger partial charge in [-0.25, -0.2) is 0 Å². The van der Waals surface area contributed by atoms with Crippen LogP contribution in [-0.4, -0.2) is 61.1 Å². The maximum Gasteiger partial charge on any atom is 0.223 e. The van der Waals surface area contributed by atoms with Crippen molar-refractivity contribution in [1.82, 2.24) is 10.6 Å². The summed E-state index contributed by atoms with van der Waals surface area (Å²) >= 11 is 0. The van der Waals surface area contributed by atoms with Gasteiger partial charge in [-0.3, -0.25) is 4.79 Å². The summed E-state index contributed by atoms with van der Waals surface area (Å²) in [6.45, 7) is 2.41. The molecule has 2 aromatic carbocycles. The normalized spacial score (nSPS) is 10.8. The predicted molar refractivity (Wildman–Crippen MR) is 138 cm³/mol. The Bertz CT molecular complexity index is 936. The van der Waals surface area contributed by atoms with Gasteiger partial charge in [-0.15, -0.1) is 0 Å². The number of carbonyl (C=O) groups excluding carboxylic acids is 1. The van der Waals surface area contributed by atoms with Crippen LogP contribution in [0, 0.1) is 0 Å². The van der Waals surface area contributed by atoms with Crippen LogP contribution in [0.15, 0.2) is 36.4 Å². The van der Waals surface area contributed by atoms with Crippen molar-refractivity contribution in [2.75, 3.05) is 55.2 Å². The lowest BCUT2D eigenvalue weighted by Gasteiger charge is -2.12. The summed E-state index contributed by atoms with van der Waals surface area (Å²) in [7, 11) is 8.00. The molecule has 0 unspecified atom stereocenters. The fourth-order valence-corrected chi connectivity index (χ4v) is 3.59. The molecule has 192 valence electrons. The fraction of sp³-hybridized carbons (Fsp3) is 0.444. The van der Waals surface area contributed by atoms with Gasteiger partial charge in [0.1, 0.15) is 0 Å². The molecule has 0 radical (unpaired) electrons. The number of carbonyl (C=O) groups is 1. The summed E-state index contributed by atoms with van der Waals surface area (Å²) < 4.78 is 26.7. The molecule has 0 saturated carbocycles. The third-order valence-corrected chi connectivity index (χ3v) is 5.42. The van der Waals surface area contributed by atoms with Crippen LogP contribution < -0.4 is 34.3 Å². The molecule has 0 aromatic heterocycles. The molecule has 2 rings (SSSR count). The second-order valence-corrected chi connectivity index (χ2v) is 7.81. The lowest BCUT2D eigenvalue weighted by atomic mass is 10.1. The number of benzene rings is 2. The van der Waals surface area contributed by atoms with Gasteiger partial charge in [0.05, 0.1) is 35.5 Å². The van der Waals surface area contributed by atoms with Crippen molar-refractivity contribution in [3.63, 3.8) is 0 Å². The number of nitrogens with one attached hydrogen (secondary N) is 2. The maximum atomic E-state index is 12.1. The highest BCUT2D eigenvalue weighted by molar-refractivity contribution is 5.78. The monoisotopic (exact) mass is 486 g/mol. The molecular weight excluding hydrogens is 448 g/mol. The Kier molecular flexibility index (Phi) is 12.3. The summed E-state index contributed by atoms with van der Waals surface area (Å²) in [4.78, 5) is 12.1. The highest BCUT2D eigenvalue weighted by Gasteiger charge is 2.12. The quantitative estimate of drug-likeness (QED) is 0.349. The van der Waals surface area contributed by atoms with E-state index in [4.69, 9.17) is 23.7 Å². The minimum Gasteiger partial charge on any atom is -0.493 e. The van der Waals surface area contributed by atoms with Gasteiger partial charge in [0, 0.05) is 13.0 Å². The van der Waals surface area contributed by atoms with Gasteiger partial charge in [-0.05, 0) is 67.7 Å². The lowest BCUT2D eigenvalue weighted by molar-refractivity contribution is -0.120. The summed E-state index contributed by atoms with van der Waals surface area (Å²) in [5.41, 5.74) is 2.08. The molecule has 0 aliphatic heterocycles. The zero-order valence-electron chi connectivity index (χ0n) is 21.4. The Hall–Kier alpha value is -3.39. The van der Waals surface area contributed by atoms with Gasteiger partial charge < -0.3 is 34.3 Å². The van der Waals surface area contributed by atoms with E-state index < -0.39 is 0 Å². The first kappa shape index (κ1) is 27.9. The first-order valence-electron chi connectivity index (χ1n) is 11.7. The van der Waals surface area contributed by atoms with Crippen LogP contribution in [0.25, 0.3) is 6.08 Å². The van der Waals surface area contributed by atoms with Crippen molar-refractivity contribution in [1.29, 1.82) is 0 Å². The molecule has 35 heavy (non-hydrogen) atoms. The molecule has 0 bridgehead atoms. The van der Waals surface area contributed by atoms with E-state index in [9.17, 15) is 4.79 Å². The Morgan fingerprint density at radius 3 is 2.06 bits per heavy atom. The molecule has 8 nitrogen and oxygen atoms in total. The molecule has 8 heteroatoms. The summed E-state index contributed by atoms with van der Waals surface area (Å²) in [5, 5.41) is 6.37. The third kappa shape index (κ3) is 9.05. The average molecular weight is 487 g/mol. The lowest BCUT2D eigenvalue weighted by Crippen LogP contribution is -2.27. The predicted octanol–water partition coefficient (Wildman–Crippen LogP) is 3.86. The summed E-state index contributed by atoms with van der Waals surface area (Å²) in [6.07, 6.45) is 6.84. The van der Waals surface area contributed by atoms with E-state index in [-0.39, 0.29) is 5.91 Å². The molecule has 0 heterocycles. The van der Waals surface area contributed by atoms with Gasteiger partial charge in [0.15, 0.2) is 23.0 Å². The molecule has 0 saturated heterocycles. The largest absolute Gasteiger partial charge is 0.493 e. The smallest absolute Gasteiger partial charge is 0.223 e. The second kappa shape index (κ2) is 15.5. The highest BCUT2D eigenvalue weighted by atomic mass is 16.5. The molecule has 1 amide bonds. The third-order valence-electron chi connectivity index (χ3n) is 5.42. The first-order chi connectivity index (χ1) is 17.1. The number of hydrogen-bond donors (Lipinski definition) is 2. The van der Waals surface area contributed by atoms with E-state index in [2.05, 4.69) is 16.7 Å². The van der Waals surface area contributed by atoms with E-state index >= 15 is 0 Å². The number of aryl methyl sites for hydroxylation is 1. The second-order valence-electron chi connectivity index (χ2n) is 7.81. The number of ether oxygens (including phenoxy) is 5. The molecule has 0 atom stereocenters. The van der Waals surface area contributed by atoms with E-state index in [1.165, 1.54) is 5.56 Å². The number of methoxy groups -OCH3 is 5. The fourth-order valence-electron chi connectivity index (χ4n) is 3.59. The van der Waals surface area contributed by atoms with Crippen LogP contribution in [0.4, 0.5) is 0 Å². The topological polar surface area (TPSA) is 87.3 Å². The van der Waals surface area contributed by atoms with Crippen molar-refractivity contribution in [3.05, 3.63) is 47.5 Å². The molecule has 0 fully saturated rings. The Labute approximate surface area is 208 Å². The Balaban J connectivity index is 1.61. The minimum atomic E-state index is -0.0119. The van der Waals surface area contributed by atoms with Crippen LogP contribution in [0.1, 0.15) is 30.4 Å². The summed E-state index contributed by atoms with van der Waals surface area (Å²) in [6, 6.07) is 9.70. The van der Waals surface area contributed by atoms with Gasteiger partial charge in [0.2, 0.25) is 11.7 Å². The van der Waals surface area contributed by atoms with Crippen LogP contribution in [0.5, 0.6) is 28.7 Å². The number of amides is 1. The van der Waals surface area contributed by atoms with E-state index in [0.717, 1.165) is 49.4 Å². The SMILES string of the molecule is COc1ccc(CCCNCCCNC(=O)C/C=C/c2cc(OC)c(OC)c(OC)c2)cc1OC. The number of hydrogen-bond acceptors (Lipinski definition) is 7. The summed E-state index contributed by atoms with van der Waals surface area (Å²) in [5.74, 6) is 3.18. The molecule has 0 aliphatic carbocycles. The standard InChI is InChI=1S/C27H38N2O6/c1-31-22-13-12-20(17-23(22)32-2)10-7-14-28-15-8-16-29-26(30)11-6-9-21-18-24(33-3)27(35-5)25(19-21)34-4/h6,9,12-13,17-19,28H,7-8,10-11,14-16H2,1-5H3,(H,29,30)/b9-6+. The molecule has 0 aliphatic rings. The van der Waals surface area contributed by atoms with Crippen LogP contribution >= 0.6 is 0 Å². The van der Waals surface area contributed by atoms with Gasteiger partial charge >= 0.3 is 0 Å². The van der Waals surface area contributed by atoms with Crippen molar-refractivity contribution in [2.45, 2.75) is 25.7 Å². The van der Waals surface area contributed by atoms with E-state index in [1.54, 1.807) is 35.5 Å². The zero-order chi connectivity index (χ0) is 25.5. The van der Waals surface area contributed by atoms with Crippen molar-refractivity contribution in [3.8, 4) is 28.7 Å². The van der Waals surface area contributed by atoms with Gasteiger partial charge in [0.25, 0.3) is 0 Å². The minimum absolute atomic E-state index is 0.0119. The number of rotatable bonds is 16. The maximum absolute atomic E-state index is 12.1. The average Bonchev–Trinajstić information content (AvgIpc) is 2.89. The highest BCUT2D eigenvalue weighted by Crippen LogP contribution is 2.38. The molecule has 2 aromatic rings. The van der Waals surface area contributed by atoms with Gasteiger partial charge in [-0.2, -0.15) is 0 Å². The van der Waals surface area contributed by atoms with E-state index in [0.29, 0.717) is 30.2 Å². The van der Waals surface area contributed by atoms with Crippen molar-refractivity contribution < 1.29 is 28.5 Å². The molecule has 2 N–H and O–H groups in total. The first-order valence-corrected chi connectivity index (χ1v) is 11.7. The zero-order valence-corrected chi connectivity index (χ0v) is 21.4. The molecule has 0 spiro atoms. The van der Waals surface area contributed by atoms with E-state index in [1.807, 2.05) is 36.4 Å². The van der Waals surface area contributed by atoms with Crippen LogP contribution in [-0.2, 0) is 11.2 Å². The Morgan fingerprint density at radius 2 is 1.43 bits per heavy atom. The van der Waals surface area contributed by atoms with Crippen molar-refractivity contribution >= 4 is 12.0 Å². The van der Waals surface area contributed by atoms with Gasteiger partial charge in [-0.1, -0.05) is 18.2 Å². The Morgan fingerprint density at radius 1 is 0.771 bits per heavy atom.